The van der Waals surface area contributed by atoms with E-state index in [4.69, 9.17) is 10.00 Å². The van der Waals surface area contributed by atoms with E-state index >= 15 is 0 Å². The molecular weight excluding hydrogens is 212 g/mol. The van der Waals surface area contributed by atoms with Crippen LogP contribution in [0.5, 0.6) is 5.75 Å². The molecule has 0 spiro atoms. The average Bonchev–Trinajstić information content (AvgIpc) is 2.40. The zero-order valence-corrected chi connectivity index (χ0v) is 9.55. The van der Waals surface area contributed by atoms with Gasteiger partial charge in [-0.2, -0.15) is 5.26 Å². The molecule has 0 radical (unpaired) electrons. The minimum Gasteiger partial charge on any atom is -0.493 e. The fourth-order valence-electron chi connectivity index (χ4n) is 1.61. The molecule has 0 atom stereocenters. The van der Waals surface area contributed by atoms with Crippen molar-refractivity contribution in [2.24, 2.45) is 0 Å². The predicted molar refractivity (Wildman–Crippen MR) is 65.6 cm³/mol. The van der Waals surface area contributed by atoms with Crippen LogP contribution in [0.15, 0.2) is 42.5 Å². The molecule has 1 aromatic heterocycles. The van der Waals surface area contributed by atoms with E-state index in [2.05, 4.69) is 4.98 Å². The molecule has 2 rings (SSSR count). The summed E-state index contributed by atoms with van der Waals surface area (Å²) in [4.78, 5) is 4.26. The van der Waals surface area contributed by atoms with Gasteiger partial charge in [0.25, 0.3) is 0 Å². The standard InChI is InChI=1S/C14H12N2O/c1-2-17-14-9-4-3-7-12(14)13-8-5-6-11(10-15)16-13/h3-9H,2H2,1H3. The third-order valence-electron chi connectivity index (χ3n) is 2.33. The maximum Gasteiger partial charge on any atom is 0.141 e. The minimum atomic E-state index is 0.411. The minimum absolute atomic E-state index is 0.411. The van der Waals surface area contributed by atoms with Crippen molar-refractivity contribution in [1.82, 2.24) is 4.98 Å². The predicted octanol–water partition coefficient (Wildman–Crippen LogP) is 3.02. The van der Waals surface area contributed by atoms with Crippen LogP contribution in [0.1, 0.15) is 12.6 Å². The number of pyridine rings is 1. The Morgan fingerprint density at radius 2 is 2.00 bits per heavy atom. The normalized spacial score (nSPS) is 9.65. The highest BCUT2D eigenvalue weighted by atomic mass is 16.5. The maximum atomic E-state index is 8.84. The van der Waals surface area contributed by atoms with E-state index in [9.17, 15) is 0 Å². The second kappa shape index (κ2) is 5.13. The lowest BCUT2D eigenvalue weighted by Crippen LogP contribution is -1.95. The van der Waals surface area contributed by atoms with Gasteiger partial charge in [0, 0.05) is 5.56 Å². The SMILES string of the molecule is CCOc1ccccc1-c1cccc(C#N)n1. The van der Waals surface area contributed by atoms with Crippen LogP contribution in [-0.4, -0.2) is 11.6 Å². The van der Waals surface area contributed by atoms with Crippen LogP contribution in [0.4, 0.5) is 0 Å². The summed E-state index contributed by atoms with van der Waals surface area (Å²) in [5.74, 6) is 0.789. The Labute approximate surface area is 100 Å². The Morgan fingerprint density at radius 1 is 1.18 bits per heavy atom. The average molecular weight is 224 g/mol. The highest BCUT2D eigenvalue weighted by molar-refractivity contribution is 5.67. The van der Waals surface area contributed by atoms with Gasteiger partial charge in [-0.3, -0.25) is 0 Å². The molecule has 0 N–H and O–H groups in total. The molecule has 84 valence electrons. The summed E-state index contributed by atoms with van der Waals surface area (Å²) in [7, 11) is 0. The Kier molecular flexibility index (Phi) is 3.37. The summed E-state index contributed by atoms with van der Waals surface area (Å²) in [6.07, 6.45) is 0. The fraction of sp³-hybridized carbons (Fsp3) is 0.143. The van der Waals surface area contributed by atoms with E-state index in [-0.39, 0.29) is 0 Å². The summed E-state index contributed by atoms with van der Waals surface area (Å²) in [5.41, 5.74) is 2.08. The lowest BCUT2D eigenvalue weighted by atomic mass is 10.1. The number of nitriles is 1. The van der Waals surface area contributed by atoms with Crippen molar-refractivity contribution in [3.05, 3.63) is 48.2 Å². The Morgan fingerprint density at radius 3 is 2.76 bits per heavy atom. The zero-order chi connectivity index (χ0) is 12.1. The monoisotopic (exact) mass is 224 g/mol. The second-order valence-corrected chi connectivity index (χ2v) is 3.45. The highest BCUT2D eigenvalue weighted by Gasteiger charge is 2.06. The molecule has 17 heavy (non-hydrogen) atoms. The van der Waals surface area contributed by atoms with Gasteiger partial charge in [-0.25, -0.2) is 4.98 Å². The van der Waals surface area contributed by atoms with Gasteiger partial charge in [-0.1, -0.05) is 18.2 Å². The van der Waals surface area contributed by atoms with Crippen molar-refractivity contribution in [2.45, 2.75) is 6.92 Å². The molecular formula is C14H12N2O. The molecule has 0 aliphatic carbocycles. The first-order valence-electron chi connectivity index (χ1n) is 5.44. The molecule has 0 fully saturated rings. The Hall–Kier alpha value is -2.34. The molecule has 1 heterocycles. The topological polar surface area (TPSA) is 45.9 Å². The quantitative estimate of drug-likeness (QED) is 0.805. The number of aromatic nitrogens is 1. The van der Waals surface area contributed by atoms with Crippen LogP contribution in [0.25, 0.3) is 11.3 Å². The van der Waals surface area contributed by atoms with Gasteiger partial charge < -0.3 is 4.74 Å². The van der Waals surface area contributed by atoms with Crippen molar-refractivity contribution >= 4 is 0 Å². The van der Waals surface area contributed by atoms with E-state index in [1.807, 2.05) is 49.4 Å². The Balaban J connectivity index is 2.48. The van der Waals surface area contributed by atoms with Crippen molar-refractivity contribution in [3.8, 4) is 23.1 Å². The summed E-state index contributed by atoms with van der Waals surface area (Å²) in [6, 6.07) is 15.1. The molecule has 3 nitrogen and oxygen atoms in total. The first kappa shape index (κ1) is 11.2. The van der Waals surface area contributed by atoms with Gasteiger partial charge >= 0.3 is 0 Å². The van der Waals surface area contributed by atoms with Crippen molar-refractivity contribution < 1.29 is 4.74 Å². The van der Waals surface area contributed by atoms with Crippen LogP contribution in [0.3, 0.4) is 0 Å². The molecule has 0 saturated heterocycles. The second-order valence-electron chi connectivity index (χ2n) is 3.45. The maximum absolute atomic E-state index is 8.84. The molecule has 2 aromatic rings. The molecule has 0 bridgehead atoms. The number of nitrogens with zero attached hydrogens (tertiary/aromatic N) is 2. The lowest BCUT2D eigenvalue weighted by Gasteiger charge is -2.09. The molecule has 0 amide bonds. The van der Waals surface area contributed by atoms with Gasteiger partial charge in [-0.05, 0) is 31.2 Å². The van der Waals surface area contributed by atoms with E-state index in [1.165, 1.54) is 0 Å². The zero-order valence-electron chi connectivity index (χ0n) is 9.55. The van der Waals surface area contributed by atoms with Crippen LogP contribution in [0, 0.1) is 11.3 Å². The third kappa shape index (κ3) is 2.43. The Bertz CT molecular complexity index is 558. The van der Waals surface area contributed by atoms with E-state index in [0.29, 0.717) is 12.3 Å². The van der Waals surface area contributed by atoms with Crippen molar-refractivity contribution in [2.75, 3.05) is 6.61 Å². The first-order chi connectivity index (χ1) is 8.35. The first-order valence-corrected chi connectivity index (χ1v) is 5.44. The van der Waals surface area contributed by atoms with Crippen LogP contribution < -0.4 is 4.74 Å². The van der Waals surface area contributed by atoms with Crippen LogP contribution in [0.2, 0.25) is 0 Å². The fourth-order valence-corrected chi connectivity index (χ4v) is 1.61. The van der Waals surface area contributed by atoms with Gasteiger partial charge in [0.1, 0.15) is 17.5 Å². The van der Waals surface area contributed by atoms with Gasteiger partial charge in [0.05, 0.1) is 12.3 Å². The smallest absolute Gasteiger partial charge is 0.141 e. The summed E-state index contributed by atoms with van der Waals surface area (Å²) < 4.78 is 5.54. The van der Waals surface area contributed by atoms with E-state index < -0.39 is 0 Å². The largest absolute Gasteiger partial charge is 0.493 e. The molecule has 0 aliphatic heterocycles. The third-order valence-corrected chi connectivity index (χ3v) is 2.33. The number of rotatable bonds is 3. The summed E-state index contributed by atoms with van der Waals surface area (Å²) >= 11 is 0. The highest BCUT2D eigenvalue weighted by Crippen LogP contribution is 2.28. The molecule has 0 unspecified atom stereocenters. The lowest BCUT2D eigenvalue weighted by molar-refractivity contribution is 0.341. The van der Waals surface area contributed by atoms with Crippen LogP contribution >= 0.6 is 0 Å². The van der Waals surface area contributed by atoms with Gasteiger partial charge in [-0.15, -0.1) is 0 Å². The molecule has 3 heteroatoms. The van der Waals surface area contributed by atoms with E-state index in [0.717, 1.165) is 17.0 Å². The summed E-state index contributed by atoms with van der Waals surface area (Å²) in [5, 5.41) is 8.84. The van der Waals surface area contributed by atoms with Gasteiger partial charge in [0.15, 0.2) is 0 Å². The molecule has 1 aromatic carbocycles. The van der Waals surface area contributed by atoms with Crippen molar-refractivity contribution in [1.29, 1.82) is 5.26 Å². The number of ether oxygens (including phenoxy) is 1. The summed E-state index contributed by atoms with van der Waals surface area (Å²) in [6.45, 7) is 2.55. The van der Waals surface area contributed by atoms with Crippen molar-refractivity contribution in [3.63, 3.8) is 0 Å². The molecule has 0 saturated carbocycles. The van der Waals surface area contributed by atoms with Gasteiger partial charge in [0.2, 0.25) is 0 Å². The number of para-hydroxylation sites is 1. The molecule has 0 aliphatic rings. The number of hydrogen-bond acceptors (Lipinski definition) is 3. The number of benzene rings is 1. The van der Waals surface area contributed by atoms with E-state index in [1.54, 1.807) is 6.07 Å². The number of hydrogen-bond donors (Lipinski definition) is 0. The van der Waals surface area contributed by atoms with Crippen LogP contribution in [-0.2, 0) is 0 Å².